The first kappa shape index (κ1) is 18.9. The number of rotatable bonds is 6. The number of nitrogens with zero attached hydrogens (tertiary/aromatic N) is 1. The van der Waals surface area contributed by atoms with Crippen molar-refractivity contribution < 1.29 is 9.53 Å². The van der Waals surface area contributed by atoms with E-state index in [1.165, 1.54) is 0 Å². The molecule has 5 heteroatoms. The molecule has 1 aliphatic rings. The summed E-state index contributed by atoms with van der Waals surface area (Å²) in [6.07, 6.45) is 1.67. The smallest absolute Gasteiger partial charge is 0.256 e. The molecule has 4 nitrogen and oxygen atoms in total. The van der Waals surface area contributed by atoms with Gasteiger partial charge in [0.25, 0.3) is 5.91 Å². The van der Waals surface area contributed by atoms with Crippen molar-refractivity contribution in [3.05, 3.63) is 35.9 Å². The van der Waals surface area contributed by atoms with E-state index in [2.05, 4.69) is 12.2 Å². The van der Waals surface area contributed by atoms with Crippen LogP contribution >= 0.6 is 12.4 Å². The van der Waals surface area contributed by atoms with E-state index in [1.54, 1.807) is 7.11 Å². The van der Waals surface area contributed by atoms with Gasteiger partial charge < -0.3 is 15.0 Å². The van der Waals surface area contributed by atoms with Crippen molar-refractivity contribution in [2.24, 2.45) is 5.92 Å². The number of methoxy groups -OCH3 is 1. The summed E-state index contributed by atoms with van der Waals surface area (Å²) in [5.74, 6) is 0.775. The van der Waals surface area contributed by atoms with Crippen molar-refractivity contribution in [2.75, 3.05) is 33.3 Å². The Labute approximate surface area is 139 Å². The van der Waals surface area contributed by atoms with Crippen molar-refractivity contribution >= 4 is 18.3 Å². The van der Waals surface area contributed by atoms with Crippen molar-refractivity contribution in [1.82, 2.24) is 10.2 Å². The maximum Gasteiger partial charge on any atom is 0.256 e. The normalized spacial score (nSPS) is 16.9. The number of piperidine rings is 1. The zero-order valence-corrected chi connectivity index (χ0v) is 14.3. The Kier molecular flexibility index (Phi) is 8.46. The third-order valence-corrected chi connectivity index (χ3v) is 4.17. The third-order valence-electron chi connectivity index (χ3n) is 4.17. The molecule has 1 heterocycles. The molecule has 1 atom stereocenters. The van der Waals surface area contributed by atoms with E-state index in [9.17, 15) is 4.79 Å². The molecule has 1 fully saturated rings. The first-order valence-corrected chi connectivity index (χ1v) is 7.83. The number of hydrogen-bond donors (Lipinski definition) is 1. The summed E-state index contributed by atoms with van der Waals surface area (Å²) in [5.41, 5.74) is 0.930. The molecule has 1 aromatic carbocycles. The van der Waals surface area contributed by atoms with E-state index >= 15 is 0 Å². The Morgan fingerprint density at radius 3 is 2.50 bits per heavy atom. The van der Waals surface area contributed by atoms with Crippen LogP contribution in [0, 0.1) is 5.92 Å². The Balaban J connectivity index is 0.00000242. The van der Waals surface area contributed by atoms with Crippen LogP contribution in [0.4, 0.5) is 0 Å². The highest BCUT2D eigenvalue weighted by Gasteiger charge is 2.28. The lowest BCUT2D eigenvalue weighted by molar-refractivity contribution is -0.143. The Bertz CT molecular complexity index is 434. The van der Waals surface area contributed by atoms with Gasteiger partial charge in [0.1, 0.15) is 0 Å². The van der Waals surface area contributed by atoms with E-state index in [1.807, 2.05) is 35.2 Å². The fourth-order valence-electron chi connectivity index (χ4n) is 2.88. The molecular weight excluding hydrogens is 300 g/mol. The summed E-state index contributed by atoms with van der Waals surface area (Å²) in [6, 6.07) is 9.73. The maximum atomic E-state index is 12.6. The number of hydrogen-bond acceptors (Lipinski definition) is 3. The first-order valence-electron chi connectivity index (χ1n) is 7.83. The lowest BCUT2D eigenvalue weighted by Gasteiger charge is -2.34. The number of halogens is 1. The van der Waals surface area contributed by atoms with Gasteiger partial charge in [0.05, 0.1) is 0 Å². The second-order valence-corrected chi connectivity index (χ2v) is 5.60. The fraction of sp³-hybridized carbons (Fsp3) is 0.588. The van der Waals surface area contributed by atoms with Gasteiger partial charge >= 0.3 is 0 Å². The molecule has 124 valence electrons. The number of likely N-dealkylation sites (tertiary alicyclic amines) is 1. The molecule has 0 aromatic heterocycles. The Hall–Kier alpha value is -1.10. The highest BCUT2D eigenvalue weighted by Crippen LogP contribution is 2.23. The van der Waals surface area contributed by atoms with Crippen molar-refractivity contribution in [1.29, 1.82) is 0 Å². The molecule has 1 aromatic rings. The summed E-state index contributed by atoms with van der Waals surface area (Å²) in [6.45, 7) is 5.87. The molecule has 0 bridgehead atoms. The molecule has 1 aliphatic heterocycles. The number of benzene rings is 1. The standard InChI is InChI=1S/C17H26N2O2.ClH/c1-3-18-13-14-9-11-19(12-10-14)17(20)16(21-2)15-7-5-4-6-8-15;/h4-8,14,16,18H,3,9-13H2,1-2H3;1H. The fourth-order valence-corrected chi connectivity index (χ4v) is 2.88. The number of carbonyl (C=O) groups is 1. The van der Waals surface area contributed by atoms with Crippen LogP contribution in [-0.4, -0.2) is 44.1 Å². The number of ether oxygens (including phenoxy) is 1. The Morgan fingerprint density at radius 1 is 1.32 bits per heavy atom. The number of carbonyl (C=O) groups excluding carboxylic acids is 1. The zero-order chi connectivity index (χ0) is 15.1. The minimum atomic E-state index is -0.475. The molecule has 1 N–H and O–H groups in total. The molecule has 0 radical (unpaired) electrons. The number of nitrogens with one attached hydrogen (secondary N) is 1. The van der Waals surface area contributed by atoms with Crippen LogP contribution in [0.25, 0.3) is 0 Å². The van der Waals surface area contributed by atoms with Gasteiger partial charge in [0, 0.05) is 20.2 Å². The summed E-state index contributed by atoms with van der Waals surface area (Å²) < 4.78 is 5.44. The van der Waals surface area contributed by atoms with Crippen molar-refractivity contribution in [3.63, 3.8) is 0 Å². The van der Waals surface area contributed by atoms with Crippen LogP contribution in [-0.2, 0) is 9.53 Å². The summed E-state index contributed by atoms with van der Waals surface area (Å²) >= 11 is 0. The molecule has 22 heavy (non-hydrogen) atoms. The SMILES string of the molecule is CCNCC1CCN(C(=O)C(OC)c2ccccc2)CC1.Cl. The molecule has 2 rings (SSSR count). The predicted molar refractivity (Wildman–Crippen MR) is 91.3 cm³/mol. The first-order chi connectivity index (χ1) is 10.3. The van der Waals surface area contributed by atoms with Crippen molar-refractivity contribution in [2.45, 2.75) is 25.9 Å². The lowest BCUT2D eigenvalue weighted by atomic mass is 9.96. The van der Waals surface area contributed by atoms with E-state index in [-0.39, 0.29) is 18.3 Å². The summed E-state index contributed by atoms with van der Waals surface area (Å²) in [7, 11) is 1.60. The Morgan fingerprint density at radius 2 is 1.95 bits per heavy atom. The predicted octanol–water partition coefficient (Wildman–Crippen LogP) is 2.64. The van der Waals surface area contributed by atoms with Gasteiger partial charge in [0.15, 0.2) is 6.10 Å². The largest absolute Gasteiger partial charge is 0.367 e. The minimum absolute atomic E-state index is 0. The van der Waals surface area contributed by atoms with Gasteiger partial charge in [-0.3, -0.25) is 4.79 Å². The highest BCUT2D eigenvalue weighted by molar-refractivity contribution is 5.85. The molecule has 0 saturated carbocycles. The monoisotopic (exact) mass is 326 g/mol. The summed E-state index contributed by atoms with van der Waals surface area (Å²) in [4.78, 5) is 14.6. The average Bonchev–Trinajstić information content (AvgIpc) is 2.55. The van der Waals surface area contributed by atoms with Gasteiger partial charge in [-0.2, -0.15) is 0 Å². The molecule has 0 spiro atoms. The van der Waals surface area contributed by atoms with E-state index in [4.69, 9.17) is 4.74 Å². The van der Waals surface area contributed by atoms with Crippen LogP contribution in [0.5, 0.6) is 0 Å². The van der Waals surface area contributed by atoms with Gasteiger partial charge in [-0.05, 0) is 37.4 Å². The minimum Gasteiger partial charge on any atom is -0.367 e. The van der Waals surface area contributed by atoms with E-state index in [0.29, 0.717) is 5.92 Å². The quantitative estimate of drug-likeness (QED) is 0.873. The van der Waals surface area contributed by atoms with Crippen LogP contribution in [0.3, 0.4) is 0 Å². The van der Waals surface area contributed by atoms with Gasteiger partial charge in [0.2, 0.25) is 0 Å². The molecular formula is C17H27ClN2O2. The van der Waals surface area contributed by atoms with Gasteiger partial charge in [-0.1, -0.05) is 37.3 Å². The average molecular weight is 327 g/mol. The van der Waals surface area contributed by atoms with Gasteiger partial charge in [-0.15, -0.1) is 12.4 Å². The summed E-state index contributed by atoms with van der Waals surface area (Å²) in [5, 5.41) is 3.39. The molecule has 1 amide bonds. The second-order valence-electron chi connectivity index (χ2n) is 5.60. The highest BCUT2D eigenvalue weighted by atomic mass is 35.5. The molecule has 1 unspecified atom stereocenters. The van der Waals surface area contributed by atoms with Crippen LogP contribution < -0.4 is 5.32 Å². The van der Waals surface area contributed by atoms with Crippen LogP contribution in [0.15, 0.2) is 30.3 Å². The van der Waals surface area contributed by atoms with E-state index < -0.39 is 6.10 Å². The van der Waals surface area contributed by atoms with Crippen LogP contribution in [0.1, 0.15) is 31.4 Å². The van der Waals surface area contributed by atoms with E-state index in [0.717, 1.165) is 44.6 Å². The van der Waals surface area contributed by atoms with Crippen molar-refractivity contribution in [3.8, 4) is 0 Å². The lowest BCUT2D eigenvalue weighted by Crippen LogP contribution is -2.43. The second kappa shape index (κ2) is 9.82. The third kappa shape index (κ3) is 4.97. The zero-order valence-electron chi connectivity index (χ0n) is 13.5. The van der Waals surface area contributed by atoms with Crippen LogP contribution in [0.2, 0.25) is 0 Å². The van der Waals surface area contributed by atoms with Gasteiger partial charge in [-0.25, -0.2) is 0 Å². The number of amides is 1. The topological polar surface area (TPSA) is 41.6 Å². The molecule has 0 aliphatic carbocycles. The maximum absolute atomic E-state index is 12.6. The molecule has 1 saturated heterocycles.